The van der Waals surface area contributed by atoms with E-state index in [0.717, 1.165) is 5.57 Å². The minimum atomic E-state index is -2.33. The molecular weight excluding hydrogens is 448 g/mol. The van der Waals surface area contributed by atoms with E-state index in [1.165, 1.54) is 0 Å². The summed E-state index contributed by atoms with van der Waals surface area (Å²) in [6.07, 6.45) is 3.34. The van der Waals surface area contributed by atoms with Gasteiger partial charge in [0, 0.05) is 5.92 Å². The van der Waals surface area contributed by atoms with Gasteiger partial charge in [-0.2, -0.15) is 0 Å². The lowest BCUT2D eigenvalue weighted by Crippen LogP contribution is -2.68. The van der Waals surface area contributed by atoms with Gasteiger partial charge >= 0.3 is 5.97 Å². The topological polar surface area (TPSA) is 72.8 Å². The molecule has 0 aromatic carbocycles. The number of hydrogen-bond acceptors (Lipinski definition) is 4. The summed E-state index contributed by atoms with van der Waals surface area (Å²) in [6.45, 7) is 27.5. The molecule has 2 aliphatic carbocycles. The molecule has 0 saturated heterocycles. The molecule has 5 nitrogen and oxygen atoms in total. The number of carbonyl (C=O) groups is 2. The maximum Gasteiger partial charge on any atom is 0.310 e. The molecule has 2 aliphatic rings. The number of ketones is 1. The van der Waals surface area contributed by atoms with E-state index in [-0.39, 0.29) is 5.78 Å². The van der Waals surface area contributed by atoms with Crippen molar-refractivity contribution in [2.75, 3.05) is 0 Å². The van der Waals surface area contributed by atoms with Crippen LogP contribution in [0, 0.1) is 17.3 Å². The zero-order valence-corrected chi connectivity index (χ0v) is 24.6. The summed E-state index contributed by atoms with van der Waals surface area (Å²) >= 11 is 0. The van der Waals surface area contributed by atoms with Gasteiger partial charge in [-0.3, -0.25) is 9.59 Å². The van der Waals surface area contributed by atoms with Crippen LogP contribution < -0.4 is 0 Å². The lowest BCUT2D eigenvalue weighted by molar-refractivity contribution is -0.179. The third-order valence-corrected chi connectivity index (χ3v) is 15.2. The van der Waals surface area contributed by atoms with Crippen molar-refractivity contribution in [2.45, 2.75) is 110 Å². The van der Waals surface area contributed by atoms with Crippen molar-refractivity contribution in [3.8, 4) is 0 Å². The standard InChI is InChI=1S/C26H46O5Si2/c1-16(2)22-20(30-33(17(3)4,18(5)6)19(7)8)15-25(9)21(27)13-14-26(25,23(22)24(28)29)31-32(10,11)12/h13-14,17-20,22-23H,1,15H2,2-12H3,(H,28,29)/t20-,22+,23+,25-,26+/m0/s1. The second kappa shape index (κ2) is 9.21. The first kappa shape index (κ1) is 28.2. The lowest BCUT2D eigenvalue weighted by atomic mass is 9.55. The molecule has 188 valence electrons. The largest absolute Gasteiger partial charge is 0.481 e. The molecule has 7 heteroatoms. The Balaban J connectivity index is 2.77. The molecule has 1 fully saturated rings. The van der Waals surface area contributed by atoms with Crippen LogP contribution in [-0.4, -0.2) is 45.2 Å². The van der Waals surface area contributed by atoms with Crippen LogP contribution in [0.3, 0.4) is 0 Å². The molecule has 33 heavy (non-hydrogen) atoms. The van der Waals surface area contributed by atoms with E-state index in [4.69, 9.17) is 8.85 Å². The van der Waals surface area contributed by atoms with Gasteiger partial charge in [0.25, 0.3) is 0 Å². The summed E-state index contributed by atoms with van der Waals surface area (Å²) in [5.41, 5.74) is -0.357. The number of aliphatic carboxylic acids is 1. The quantitative estimate of drug-likeness (QED) is 0.289. The SMILES string of the molecule is C=C(C)[C@@H]1[C@@H](O[Si](C(C)C)(C(C)C)C(C)C)C[C@@]2(C)C(=O)C=C[C@@]2(O[Si](C)(C)C)[C@H]1C(=O)O. The van der Waals surface area contributed by atoms with Gasteiger partial charge in [0.2, 0.25) is 8.32 Å². The number of carboxylic acid groups (broad SMARTS) is 1. The zero-order chi connectivity index (χ0) is 25.7. The number of rotatable bonds is 9. The second-order valence-electron chi connectivity index (χ2n) is 12.4. The van der Waals surface area contributed by atoms with Crippen molar-refractivity contribution in [1.82, 2.24) is 0 Å². The Morgan fingerprint density at radius 3 is 1.97 bits per heavy atom. The Morgan fingerprint density at radius 2 is 1.61 bits per heavy atom. The fourth-order valence-corrected chi connectivity index (χ4v) is 13.9. The highest BCUT2D eigenvalue weighted by molar-refractivity contribution is 6.77. The Morgan fingerprint density at radius 1 is 1.12 bits per heavy atom. The molecule has 0 spiro atoms. The fourth-order valence-electron chi connectivity index (χ4n) is 6.92. The molecule has 2 rings (SSSR count). The van der Waals surface area contributed by atoms with E-state index in [9.17, 15) is 14.7 Å². The van der Waals surface area contributed by atoms with Crippen molar-refractivity contribution >= 4 is 28.4 Å². The third kappa shape index (κ3) is 4.50. The number of hydrogen-bond donors (Lipinski definition) is 1. The highest BCUT2D eigenvalue weighted by Gasteiger charge is 2.69. The first-order valence-corrected chi connectivity index (χ1v) is 17.9. The second-order valence-corrected chi connectivity index (χ2v) is 22.2. The van der Waals surface area contributed by atoms with E-state index in [1.807, 2.05) is 33.5 Å². The molecule has 1 N–H and O–H groups in total. The van der Waals surface area contributed by atoms with Crippen molar-refractivity contribution in [3.05, 3.63) is 24.3 Å². The molecule has 0 aliphatic heterocycles. The molecule has 0 bridgehead atoms. The molecule has 0 aromatic rings. The molecule has 1 saturated carbocycles. The maximum atomic E-state index is 13.4. The van der Waals surface area contributed by atoms with Gasteiger partial charge in [0.15, 0.2) is 14.1 Å². The lowest BCUT2D eigenvalue weighted by Gasteiger charge is -2.58. The summed E-state index contributed by atoms with van der Waals surface area (Å²) < 4.78 is 13.9. The van der Waals surface area contributed by atoms with Crippen molar-refractivity contribution in [1.29, 1.82) is 0 Å². The van der Waals surface area contributed by atoms with Gasteiger partial charge in [-0.05, 0) is 68.7 Å². The van der Waals surface area contributed by atoms with Crippen LogP contribution in [0.4, 0.5) is 0 Å². The summed E-state index contributed by atoms with van der Waals surface area (Å²) in [7, 11) is -4.55. The van der Waals surface area contributed by atoms with Gasteiger partial charge in [0.1, 0.15) is 5.60 Å². The number of allylic oxidation sites excluding steroid dienone is 1. The smallest absolute Gasteiger partial charge is 0.310 e. The predicted molar refractivity (Wildman–Crippen MR) is 139 cm³/mol. The van der Waals surface area contributed by atoms with Crippen molar-refractivity contribution in [2.24, 2.45) is 17.3 Å². The maximum absolute atomic E-state index is 13.4. The summed E-state index contributed by atoms with van der Waals surface area (Å²) in [6, 6.07) is 0. The minimum Gasteiger partial charge on any atom is -0.481 e. The summed E-state index contributed by atoms with van der Waals surface area (Å²) in [5.74, 6) is -2.39. The normalized spacial score (nSPS) is 32.7. The van der Waals surface area contributed by atoms with Crippen LogP contribution in [0.1, 0.15) is 61.8 Å². The Labute approximate surface area is 203 Å². The molecule has 5 atom stereocenters. The highest BCUT2D eigenvalue weighted by Crippen LogP contribution is 2.60. The summed E-state index contributed by atoms with van der Waals surface area (Å²) in [4.78, 5) is 26.3. The van der Waals surface area contributed by atoms with Crippen LogP contribution in [0.2, 0.25) is 36.3 Å². The van der Waals surface area contributed by atoms with E-state index in [2.05, 4.69) is 48.1 Å². The van der Waals surface area contributed by atoms with Gasteiger partial charge in [-0.1, -0.05) is 53.7 Å². The van der Waals surface area contributed by atoms with Gasteiger partial charge in [-0.25, -0.2) is 0 Å². The molecular formula is C26H46O5Si2. The van der Waals surface area contributed by atoms with E-state index < -0.39 is 51.6 Å². The first-order chi connectivity index (χ1) is 14.9. The zero-order valence-electron chi connectivity index (χ0n) is 22.6. The van der Waals surface area contributed by atoms with Gasteiger partial charge in [0.05, 0.1) is 17.4 Å². The molecule has 0 radical (unpaired) electrons. The third-order valence-electron chi connectivity index (χ3n) is 8.09. The van der Waals surface area contributed by atoms with Crippen LogP contribution >= 0.6 is 0 Å². The number of carboxylic acids is 1. The Kier molecular flexibility index (Phi) is 7.87. The molecule has 0 amide bonds. The van der Waals surface area contributed by atoms with Crippen LogP contribution in [0.15, 0.2) is 24.3 Å². The van der Waals surface area contributed by atoms with E-state index >= 15 is 0 Å². The summed E-state index contributed by atoms with van der Waals surface area (Å²) in [5, 5.41) is 10.6. The Bertz CT molecular complexity index is 803. The molecule has 0 heterocycles. The van der Waals surface area contributed by atoms with Gasteiger partial charge < -0.3 is 14.0 Å². The van der Waals surface area contributed by atoms with Crippen LogP contribution in [-0.2, 0) is 18.4 Å². The number of fused-ring (bicyclic) bond motifs is 1. The van der Waals surface area contributed by atoms with Gasteiger partial charge in [-0.15, -0.1) is 0 Å². The monoisotopic (exact) mass is 494 g/mol. The number of carbonyl (C=O) groups excluding carboxylic acids is 1. The first-order valence-electron chi connectivity index (χ1n) is 12.4. The highest BCUT2D eigenvalue weighted by atomic mass is 28.4. The van der Waals surface area contributed by atoms with Crippen molar-refractivity contribution < 1.29 is 23.5 Å². The molecule has 0 unspecified atom stereocenters. The minimum absolute atomic E-state index is 0.0633. The van der Waals surface area contributed by atoms with Crippen LogP contribution in [0.5, 0.6) is 0 Å². The van der Waals surface area contributed by atoms with Crippen molar-refractivity contribution in [3.63, 3.8) is 0 Å². The average Bonchev–Trinajstić information content (AvgIpc) is 2.86. The fraction of sp³-hybridized carbons (Fsp3) is 0.769. The molecule has 0 aromatic heterocycles. The van der Waals surface area contributed by atoms with Crippen LogP contribution in [0.25, 0.3) is 0 Å². The average molecular weight is 495 g/mol. The predicted octanol–water partition coefficient (Wildman–Crippen LogP) is 6.58. The Hall–Kier alpha value is -1.03. The van der Waals surface area contributed by atoms with E-state index in [1.54, 1.807) is 12.2 Å². The van der Waals surface area contributed by atoms with E-state index in [0.29, 0.717) is 23.0 Å².